The Bertz CT molecular complexity index is 1480. The summed E-state index contributed by atoms with van der Waals surface area (Å²) in [5.41, 5.74) is 3.73. The van der Waals surface area contributed by atoms with Crippen LogP contribution in [0.4, 0.5) is 18.9 Å². The molecule has 1 aliphatic rings. The van der Waals surface area contributed by atoms with Crippen molar-refractivity contribution in [3.8, 4) is 22.8 Å². The molecule has 1 aromatic heterocycles. The van der Waals surface area contributed by atoms with E-state index in [0.29, 0.717) is 17.1 Å². The Kier molecular flexibility index (Phi) is 7.73. The van der Waals surface area contributed by atoms with Crippen molar-refractivity contribution < 1.29 is 22.7 Å². The Morgan fingerprint density at radius 3 is 2.31 bits per heavy atom. The van der Waals surface area contributed by atoms with Gasteiger partial charge in [0.1, 0.15) is 18.4 Å². The van der Waals surface area contributed by atoms with Crippen LogP contribution in [0.15, 0.2) is 89.3 Å². The van der Waals surface area contributed by atoms with Gasteiger partial charge in [-0.15, -0.1) is 23.4 Å². The number of amidine groups is 1. The molecule has 0 atom stereocenters. The molecular weight excluding hydrogens is 529 g/mol. The number of anilines is 1. The molecule has 198 valence electrons. The monoisotopic (exact) mass is 550 g/mol. The van der Waals surface area contributed by atoms with E-state index in [2.05, 4.69) is 29.9 Å². The van der Waals surface area contributed by atoms with Crippen LogP contribution in [-0.4, -0.2) is 51.1 Å². The SMILES string of the molecule is O=Cc1ccc(N2CCCS/C2=N\N=C\c2ccc(-c3ncn(-c4ccc(OC(F)(F)F)cc4)n3)cc2)cc1. The number of thioether (sulfide) groups is 1. The maximum absolute atomic E-state index is 12.4. The third-order valence-corrected chi connectivity index (χ3v) is 6.73. The smallest absolute Gasteiger partial charge is 0.406 e. The van der Waals surface area contributed by atoms with Gasteiger partial charge in [-0.1, -0.05) is 36.0 Å². The van der Waals surface area contributed by atoms with Gasteiger partial charge in [0.25, 0.3) is 0 Å². The topological polar surface area (TPSA) is 85.0 Å². The number of carbonyl (C=O) groups excluding carboxylic acids is 1. The first-order chi connectivity index (χ1) is 18.9. The maximum Gasteiger partial charge on any atom is 0.573 e. The number of hydrogen-bond acceptors (Lipinski definition) is 7. The number of alkyl halides is 3. The van der Waals surface area contributed by atoms with Crippen molar-refractivity contribution in [1.29, 1.82) is 0 Å². The number of carbonyl (C=O) groups is 1. The third kappa shape index (κ3) is 6.71. The summed E-state index contributed by atoms with van der Waals surface area (Å²) < 4.78 is 42.5. The Hall–Kier alpha value is -4.45. The highest BCUT2D eigenvalue weighted by Crippen LogP contribution is 2.26. The fraction of sp³-hybridized carbons (Fsp3) is 0.148. The molecule has 1 aliphatic heterocycles. The summed E-state index contributed by atoms with van der Waals surface area (Å²) >= 11 is 1.63. The molecule has 1 saturated heterocycles. The highest BCUT2D eigenvalue weighted by atomic mass is 32.2. The van der Waals surface area contributed by atoms with Crippen LogP contribution in [0.25, 0.3) is 17.1 Å². The molecule has 4 aromatic rings. The Labute approximate surface area is 225 Å². The van der Waals surface area contributed by atoms with Crippen LogP contribution in [0, 0.1) is 0 Å². The number of aldehydes is 1. The van der Waals surface area contributed by atoms with Gasteiger partial charge in [0.2, 0.25) is 0 Å². The zero-order chi connectivity index (χ0) is 27.2. The Morgan fingerprint density at radius 2 is 1.62 bits per heavy atom. The van der Waals surface area contributed by atoms with Crippen molar-refractivity contribution in [2.24, 2.45) is 10.2 Å². The second-order valence-corrected chi connectivity index (χ2v) is 9.43. The molecule has 2 heterocycles. The minimum absolute atomic E-state index is 0.308. The molecule has 0 aliphatic carbocycles. The van der Waals surface area contributed by atoms with E-state index < -0.39 is 6.36 Å². The number of aromatic nitrogens is 3. The second kappa shape index (κ2) is 11.5. The molecule has 8 nitrogen and oxygen atoms in total. The van der Waals surface area contributed by atoms with Gasteiger partial charge in [0.05, 0.1) is 11.9 Å². The molecule has 0 bridgehead atoms. The van der Waals surface area contributed by atoms with Gasteiger partial charge in [0.15, 0.2) is 11.0 Å². The predicted molar refractivity (Wildman–Crippen MR) is 145 cm³/mol. The predicted octanol–water partition coefficient (Wildman–Crippen LogP) is 5.98. The minimum atomic E-state index is -4.74. The van der Waals surface area contributed by atoms with Gasteiger partial charge in [0, 0.05) is 29.1 Å². The standard InChI is InChI=1S/C27H21F3N6O2S/c28-27(29,30)38-24-12-10-23(11-13-24)36-18-31-25(34-36)21-6-2-19(3-7-21)16-32-33-26-35(14-1-15-39-26)22-8-4-20(17-37)5-9-22/h2-13,16-18H,1,14-15H2/b32-16+,33-26-. The molecule has 5 rings (SSSR count). The van der Waals surface area contributed by atoms with Crippen molar-refractivity contribution >= 4 is 35.1 Å². The molecule has 0 N–H and O–H groups in total. The minimum Gasteiger partial charge on any atom is -0.406 e. The van der Waals surface area contributed by atoms with E-state index in [9.17, 15) is 18.0 Å². The molecule has 3 aromatic carbocycles. The summed E-state index contributed by atoms with van der Waals surface area (Å²) in [6.45, 7) is 0.821. The highest BCUT2D eigenvalue weighted by molar-refractivity contribution is 8.14. The Morgan fingerprint density at radius 1 is 0.923 bits per heavy atom. The summed E-state index contributed by atoms with van der Waals surface area (Å²) in [5.74, 6) is 1.11. The van der Waals surface area contributed by atoms with Gasteiger partial charge in [-0.2, -0.15) is 5.10 Å². The summed E-state index contributed by atoms with van der Waals surface area (Å²) in [6, 6.07) is 20.2. The molecule has 39 heavy (non-hydrogen) atoms. The van der Waals surface area contributed by atoms with E-state index in [0.717, 1.165) is 47.0 Å². The molecule has 0 amide bonds. The second-order valence-electron chi connectivity index (χ2n) is 8.37. The lowest BCUT2D eigenvalue weighted by atomic mass is 10.1. The molecular formula is C27H21F3N6O2S. The van der Waals surface area contributed by atoms with Gasteiger partial charge in [-0.25, -0.2) is 9.67 Å². The van der Waals surface area contributed by atoms with Crippen molar-refractivity contribution in [1.82, 2.24) is 14.8 Å². The molecule has 12 heteroatoms. The van der Waals surface area contributed by atoms with E-state index in [1.165, 1.54) is 35.3 Å². The first-order valence-corrected chi connectivity index (χ1v) is 12.8. The van der Waals surface area contributed by atoms with Crippen LogP contribution in [0.2, 0.25) is 0 Å². The normalized spacial score (nSPS) is 15.2. The molecule has 0 radical (unpaired) electrons. The van der Waals surface area contributed by atoms with Crippen molar-refractivity contribution in [2.45, 2.75) is 12.8 Å². The number of benzene rings is 3. The van der Waals surface area contributed by atoms with E-state index in [4.69, 9.17) is 0 Å². The first-order valence-electron chi connectivity index (χ1n) is 11.8. The van der Waals surface area contributed by atoms with Crippen LogP contribution in [0.1, 0.15) is 22.3 Å². The Balaban J connectivity index is 1.25. The van der Waals surface area contributed by atoms with Crippen LogP contribution >= 0.6 is 11.8 Å². The number of rotatable bonds is 7. The summed E-state index contributed by atoms with van der Waals surface area (Å²) in [7, 11) is 0. The number of halogens is 3. The highest BCUT2D eigenvalue weighted by Gasteiger charge is 2.31. The van der Waals surface area contributed by atoms with E-state index in [1.54, 1.807) is 30.1 Å². The van der Waals surface area contributed by atoms with Crippen LogP contribution in [-0.2, 0) is 0 Å². The summed E-state index contributed by atoms with van der Waals surface area (Å²) in [5, 5.41) is 13.9. The van der Waals surface area contributed by atoms with Gasteiger partial charge in [-0.3, -0.25) is 4.79 Å². The van der Waals surface area contributed by atoms with Gasteiger partial charge < -0.3 is 9.64 Å². The molecule has 0 spiro atoms. The number of nitrogens with zero attached hydrogens (tertiary/aromatic N) is 6. The van der Waals surface area contributed by atoms with Gasteiger partial charge in [-0.05, 0) is 60.5 Å². The third-order valence-electron chi connectivity index (χ3n) is 5.67. The van der Waals surface area contributed by atoms with Crippen LogP contribution < -0.4 is 9.64 Å². The van der Waals surface area contributed by atoms with E-state index in [1.807, 2.05) is 36.4 Å². The zero-order valence-electron chi connectivity index (χ0n) is 20.3. The van der Waals surface area contributed by atoms with Crippen LogP contribution in [0.5, 0.6) is 5.75 Å². The molecule has 0 saturated carbocycles. The lowest BCUT2D eigenvalue weighted by Crippen LogP contribution is -2.33. The summed E-state index contributed by atoms with van der Waals surface area (Å²) in [6.07, 6.45) is 0.245. The van der Waals surface area contributed by atoms with Crippen LogP contribution in [0.3, 0.4) is 0 Å². The zero-order valence-corrected chi connectivity index (χ0v) is 21.1. The lowest BCUT2D eigenvalue weighted by molar-refractivity contribution is -0.274. The molecule has 1 fully saturated rings. The fourth-order valence-electron chi connectivity index (χ4n) is 3.80. The average molecular weight is 551 g/mol. The molecule has 0 unspecified atom stereocenters. The van der Waals surface area contributed by atoms with Gasteiger partial charge >= 0.3 is 6.36 Å². The fourth-order valence-corrected chi connectivity index (χ4v) is 4.71. The van der Waals surface area contributed by atoms with Crippen molar-refractivity contribution in [2.75, 3.05) is 17.2 Å². The maximum atomic E-state index is 12.4. The van der Waals surface area contributed by atoms with E-state index >= 15 is 0 Å². The van der Waals surface area contributed by atoms with E-state index in [-0.39, 0.29) is 5.75 Å². The largest absolute Gasteiger partial charge is 0.573 e. The first kappa shape index (κ1) is 26.2. The average Bonchev–Trinajstić information content (AvgIpc) is 3.44. The summed E-state index contributed by atoms with van der Waals surface area (Å²) in [4.78, 5) is 17.3. The quantitative estimate of drug-likeness (QED) is 0.160. The number of hydrogen-bond donors (Lipinski definition) is 0. The van der Waals surface area contributed by atoms with Crippen molar-refractivity contribution in [3.63, 3.8) is 0 Å². The number of ether oxygens (including phenoxy) is 1. The lowest BCUT2D eigenvalue weighted by Gasteiger charge is -2.28. The van der Waals surface area contributed by atoms with Crippen molar-refractivity contribution in [3.05, 3.63) is 90.3 Å².